The molecule has 1 aliphatic rings. The normalized spacial score (nSPS) is 13.8. The van der Waals surface area contributed by atoms with Crippen LogP contribution in [0.5, 0.6) is 0 Å². The molecule has 0 amide bonds. The van der Waals surface area contributed by atoms with Crippen molar-refractivity contribution in [3.05, 3.63) is 69.8 Å². The summed E-state index contributed by atoms with van der Waals surface area (Å²) in [5.74, 6) is -0.846. The van der Waals surface area contributed by atoms with Crippen molar-refractivity contribution in [3.8, 4) is 0 Å². The first-order valence-electron chi connectivity index (χ1n) is 7.58. The molecule has 2 nitrogen and oxygen atoms in total. The summed E-state index contributed by atoms with van der Waals surface area (Å²) < 4.78 is 0. The van der Waals surface area contributed by atoms with E-state index in [2.05, 4.69) is 19.1 Å². The SMILES string of the molecule is Cc1c(Cc2ccccc2C(=O)O)ccc2c1CCCC2. The van der Waals surface area contributed by atoms with Crippen LogP contribution in [0.1, 0.15) is 51.0 Å². The maximum absolute atomic E-state index is 11.3. The van der Waals surface area contributed by atoms with Crippen molar-refractivity contribution in [1.82, 2.24) is 0 Å². The zero-order valence-corrected chi connectivity index (χ0v) is 12.4. The molecule has 21 heavy (non-hydrogen) atoms. The lowest BCUT2D eigenvalue weighted by molar-refractivity contribution is 0.0696. The van der Waals surface area contributed by atoms with E-state index in [4.69, 9.17) is 0 Å². The Labute approximate surface area is 125 Å². The summed E-state index contributed by atoms with van der Waals surface area (Å²) in [6, 6.07) is 11.7. The van der Waals surface area contributed by atoms with Gasteiger partial charge in [0.1, 0.15) is 0 Å². The molecule has 0 spiro atoms. The summed E-state index contributed by atoms with van der Waals surface area (Å²) in [6.07, 6.45) is 5.59. The van der Waals surface area contributed by atoms with Crippen LogP contribution in [0.2, 0.25) is 0 Å². The highest BCUT2D eigenvalue weighted by molar-refractivity contribution is 5.89. The van der Waals surface area contributed by atoms with Gasteiger partial charge in [-0.15, -0.1) is 0 Å². The Morgan fingerprint density at radius 1 is 1.05 bits per heavy atom. The van der Waals surface area contributed by atoms with Crippen molar-refractivity contribution in [2.75, 3.05) is 0 Å². The lowest BCUT2D eigenvalue weighted by Gasteiger charge is -2.20. The van der Waals surface area contributed by atoms with Gasteiger partial charge in [0.25, 0.3) is 0 Å². The van der Waals surface area contributed by atoms with Gasteiger partial charge < -0.3 is 5.11 Å². The molecule has 1 N–H and O–H groups in total. The van der Waals surface area contributed by atoms with E-state index in [-0.39, 0.29) is 0 Å². The maximum Gasteiger partial charge on any atom is 0.335 e. The molecule has 2 aromatic rings. The molecule has 0 aliphatic heterocycles. The number of carbonyl (C=O) groups is 1. The average Bonchev–Trinajstić information content (AvgIpc) is 2.51. The molecule has 0 heterocycles. The number of carboxylic acids is 1. The van der Waals surface area contributed by atoms with Crippen LogP contribution in [-0.2, 0) is 19.3 Å². The van der Waals surface area contributed by atoms with Gasteiger partial charge in [0, 0.05) is 0 Å². The van der Waals surface area contributed by atoms with E-state index in [1.165, 1.54) is 41.5 Å². The molecule has 108 valence electrons. The monoisotopic (exact) mass is 280 g/mol. The minimum Gasteiger partial charge on any atom is -0.478 e. The maximum atomic E-state index is 11.3. The van der Waals surface area contributed by atoms with Crippen molar-refractivity contribution >= 4 is 5.97 Å². The van der Waals surface area contributed by atoms with Crippen LogP contribution in [0.3, 0.4) is 0 Å². The van der Waals surface area contributed by atoms with Gasteiger partial charge in [0.05, 0.1) is 5.56 Å². The predicted octanol–water partition coefficient (Wildman–Crippen LogP) is 4.16. The Morgan fingerprint density at radius 2 is 1.81 bits per heavy atom. The van der Waals surface area contributed by atoms with E-state index in [0.29, 0.717) is 12.0 Å². The van der Waals surface area contributed by atoms with Crippen molar-refractivity contribution in [2.24, 2.45) is 0 Å². The Morgan fingerprint density at radius 3 is 2.62 bits per heavy atom. The van der Waals surface area contributed by atoms with Crippen LogP contribution in [0.15, 0.2) is 36.4 Å². The summed E-state index contributed by atoms with van der Waals surface area (Å²) in [7, 11) is 0. The highest BCUT2D eigenvalue weighted by Gasteiger charge is 2.15. The van der Waals surface area contributed by atoms with E-state index < -0.39 is 5.97 Å². The van der Waals surface area contributed by atoms with Gasteiger partial charge in [0.15, 0.2) is 0 Å². The molecule has 1 aliphatic carbocycles. The highest BCUT2D eigenvalue weighted by atomic mass is 16.4. The van der Waals surface area contributed by atoms with Crippen LogP contribution in [0.25, 0.3) is 0 Å². The van der Waals surface area contributed by atoms with E-state index in [1.54, 1.807) is 12.1 Å². The quantitative estimate of drug-likeness (QED) is 0.916. The highest BCUT2D eigenvalue weighted by Crippen LogP contribution is 2.28. The summed E-state index contributed by atoms with van der Waals surface area (Å²) in [4.78, 5) is 11.3. The smallest absolute Gasteiger partial charge is 0.335 e. The lowest BCUT2D eigenvalue weighted by Crippen LogP contribution is -2.08. The van der Waals surface area contributed by atoms with Gasteiger partial charge in [-0.1, -0.05) is 30.3 Å². The van der Waals surface area contributed by atoms with Crippen LogP contribution in [0, 0.1) is 6.92 Å². The molecular weight excluding hydrogens is 260 g/mol. The van der Waals surface area contributed by atoms with Crippen molar-refractivity contribution in [1.29, 1.82) is 0 Å². The first kappa shape index (κ1) is 13.9. The lowest BCUT2D eigenvalue weighted by atomic mass is 9.85. The van der Waals surface area contributed by atoms with Crippen molar-refractivity contribution in [3.63, 3.8) is 0 Å². The molecule has 0 atom stereocenters. The minimum atomic E-state index is -0.846. The third-order valence-corrected chi connectivity index (χ3v) is 4.56. The molecule has 3 rings (SSSR count). The number of aryl methyl sites for hydroxylation is 1. The zero-order valence-electron chi connectivity index (χ0n) is 12.4. The largest absolute Gasteiger partial charge is 0.478 e. The van der Waals surface area contributed by atoms with E-state index in [9.17, 15) is 9.90 Å². The Hall–Kier alpha value is -2.09. The number of fused-ring (bicyclic) bond motifs is 1. The predicted molar refractivity (Wildman–Crippen MR) is 84.0 cm³/mol. The standard InChI is InChI=1S/C19H20O2/c1-13-15(11-10-14-6-2-4-8-17(13)14)12-16-7-3-5-9-18(16)19(20)21/h3,5,7,9-11H,2,4,6,8,12H2,1H3,(H,20,21). The molecule has 0 radical (unpaired) electrons. The van der Waals surface area contributed by atoms with Crippen LogP contribution in [-0.4, -0.2) is 11.1 Å². The fourth-order valence-corrected chi connectivity index (χ4v) is 3.34. The first-order chi connectivity index (χ1) is 10.2. The van der Waals surface area contributed by atoms with E-state index >= 15 is 0 Å². The molecule has 0 saturated heterocycles. The molecule has 0 aromatic heterocycles. The summed E-state index contributed by atoms with van der Waals surface area (Å²) in [5, 5.41) is 9.31. The third-order valence-electron chi connectivity index (χ3n) is 4.56. The number of hydrogen-bond acceptors (Lipinski definition) is 1. The molecule has 0 saturated carbocycles. The summed E-state index contributed by atoms with van der Waals surface area (Å²) in [6.45, 7) is 2.18. The number of hydrogen-bond donors (Lipinski definition) is 1. The molecule has 0 fully saturated rings. The molecule has 2 heteroatoms. The van der Waals surface area contributed by atoms with Crippen molar-refractivity contribution < 1.29 is 9.90 Å². The fourth-order valence-electron chi connectivity index (χ4n) is 3.34. The second-order valence-corrected chi connectivity index (χ2v) is 5.83. The summed E-state index contributed by atoms with van der Waals surface area (Å²) in [5.41, 5.74) is 6.88. The van der Waals surface area contributed by atoms with Gasteiger partial charge >= 0.3 is 5.97 Å². The minimum absolute atomic E-state index is 0.412. The van der Waals surface area contributed by atoms with Gasteiger partial charge in [-0.05, 0) is 72.9 Å². The second-order valence-electron chi connectivity index (χ2n) is 5.83. The number of carboxylic acid groups (broad SMARTS) is 1. The second kappa shape index (κ2) is 5.72. The zero-order chi connectivity index (χ0) is 14.8. The van der Waals surface area contributed by atoms with E-state index in [1.807, 2.05) is 12.1 Å². The van der Waals surface area contributed by atoms with Gasteiger partial charge in [0.2, 0.25) is 0 Å². The number of benzene rings is 2. The molecule has 2 aromatic carbocycles. The number of aromatic carboxylic acids is 1. The number of rotatable bonds is 3. The van der Waals surface area contributed by atoms with Gasteiger partial charge in [-0.25, -0.2) is 4.79 Å². The van der Waals surface area contributed by atoms with E-state index in [0.717, 1.165) is 12.0 Å². The van der Waals surface area contributed by atoms with Gasteiger partial charge in [-0.2, -0.15) is 0 Å². The van der Waals surface area contributed by atoms with Crippen LogP contribution < -0.4 is 0 Å². The van der Waals surface area contributed by atoms with Crippen molar-refractivity contribution in [2.45, 2.75) is 39.0 Å². The van der Waals surface area contributed by atoms with Crippen LogP contribution >= 0.6 is 0 Å². The Kier molecular flexibility index (Phi) is 3.78. The topological polar surface area (TPSA) is 37.3 Å². The third kappa shape index (κ3) is 2.71. The Balaban J connectivity index is 1.98. The molecule has 0 unspecified atom stereocenters. The first-order valence-corrected chi connectivity index (χ1v) is 7.58. The molecular formula is C19H20O2. The average molecular weight is 280 g/mol. The summed E-state index contributed by atoms with van der Waals surface area (Å²) >= 11 is 0. The molecule has 0 bridgehead atoms. The van der Waals surface area contributed by atoms with Crippen LogP contribution in [0.4, 0.5) is 0 Å². The Bertz CT molecular complexity index is 686. The fraction of sp³-hybridized carbons (Fsp3) is 0.316. The van der Waals surface area contributed by atoms with Gasteiger partial charge in [-0.3, -0.25) is 0 Å².